The highest BCUT2D eigenvalue weighted by molar-refractivity contribution is 7.12. The first kappa shape index (κ1) is 14.2. The summed E-state index contributed by atoms with van der Waals surface area (Å²) in [5.41, 5.74) is 0. The van der Waals surface area contributed by atoms with E-state index in [4.69, 9.17) is 0 Å². The van der Waals surface area contributed by atoms with E-state index in [-0.39, 0.29) is 0 Å². The summed E-state index contributed by atoms with van der Waals surface area (Å²) in [4.78, 5) is 6.57. The Bertz CT molecular complexity index is 518. The zero-order valence-electron chi connectivity index (χ0n) is 11.7. The average Bonchev–Trinajstić information content (AvgIpc) is 2.98. The molecule has 1 N–H and O–H groups in total. The molecule has 2 heterocycles. The normalized spacial score (nSPS) is 13.1. The van der Waals surface area contributed by atoms with Crippen LogP contribution in [0.15, 0.2) is 18.5 Å². The molecule has 5 heteroatoms. The first-order chi connectivity index (χ1) is 9.10. The van der Waals surface area contributed by atoms with E-state index < -0.39 is 6.10 Å². The molecule has 0 aliphatic carbocycles. The number of aromatic nitrogens is 3. The number of thiophene rings is 1. The van der Waals surface area contributed by atoms with Crippen molar-refractivity contribution in [2.24, 2.45) is 5.92 Å². The van der Waals surface area contributed by atoms with Gasteiger partial charge in [-0.15, -0.1) is 11.3 Å². The summed E-state index contributed by atoms with van der Waals surface area (Å²) in [5, 5.41) is 14.5. The van der Waals surface area contributed by atoms with E-state index in [0.29, 0.717) is 12.3 Å². The minimum atomic E-state index is -0.486. The molecule has 0 saturated heterocycles. The van der Waals surface area contributed by atoms with E-state index >= 15 is 0 Å². The maximum absolute atomic E-state index is 10.3. The third-order valence-corrected chi connectivity index (χ3v) is 4.30. The van der Waals surface area contributed by atoms with Gasteiger partial charge in [0.05, 0.1) is 6.10 Å². The van der Waals surface area contributed by atoms with Crippen LogP contribution in [0, 0.1) is 5.92 Å². The third-order valence-electron chi connectivity index (χ3n) is 2.97. The summed E-state index contributed by atoms with van der Waals surface area (Å²) in [5.74, 6) is 1.37. The molecule has 0 aliphatic rings. The van der Waals surface area contributed by atoms with Crippen molar-refractivity contribution in [1.29, 1.82) is 0 Å². The first-order valence-electron chi connectivity index (χ1n) is 6.73. The predicted molar refractivity (Wildman–Crippen MR) is 77.2 cm³/mol. The Morgan fingerprint density at radius 2 is 2.16 bits per heavy atom. The van der Waals surface area contributed by atoms with Gasteiger partial charge in [-0.2, -0.15) is 5.10 Å². The molecular formula is C14H21N3OS. The van der Waals surface area contributed by atoms with Crippen molar-refractivity contribution >= 4 is 11.3 Å². The fourth-order valence-corrected chi connectivity index (χ4v) is 2.92. The topological polar surface area (TPSA) is 50.9 Å². The number of aliphatic hydroxyl groups excluding tert-OH is 1. The van der Waals surface area contributed by atoms with Crippen molar-refractivity contribution in [3.8, 4) is 0 Å². The van der Waals surface area contributed by atoms with E-state index in [0.717, 1.165) is 23.7 Å². The monoisotopic (exact) mass is 279 g/mol. The highest BCUT2D eigenvalue weighted by Gasteiger charge is 2.15. The molecule has 0 fully saturated rings. The molecule has 0 amide bonds. The fraction of sp³-hybridized carbons (Fsp3) is 0.571. The lowest BCUT2D eigenvalue weighted by atomic mass is 10.2. The van der Waals surface area contributed by atoms with Crippen LogP contribution in [0.2, 0.25) is 0 Å². The molecule has 0 saturated carbocycles. The highest BCUT2D eigenvalue weighted by atomic mass is 32.1. The first-order valence-corrected chi connectivity index (χ1v) is 7.55. The Morgan fingerprint density at radius 1 is 1.37 bits per heavy atom. The maximum atomic E-state index is 10.3. The van der Waals surface area contributed by atoms with Crippen molar-refractivity contribution < 1.29 is 5.11 Å². The Labute approximate surface area is 118 Å². The molecule has 104 valence electrons. The molecule has 2 rings (SSSR count). The van der Waals surface area contributed by atoms with Crippen molar-refractivity contribution in [2.45, 2.75) is 46.3 Å². The lowest BCUT2D eigenvalue weighted by molar-refractivity contribution is 0.177. The van der Waals surface area contributed by atoms with E-state index in [2.05, 4.69) is 36.9 Å². The molecule has 2 aromatic heterocycles. The fourth-order valence-electron chi connectivity index (χ4n) is 1.98. The van der Waals surface area contributed by atoms with Crippen molar-refractivity contribution in [1.82, 2.24) is 14.8 Å². The van der Waals surface area contributed by atoms with E-state index in [1.54, 1.807) is 17.7 Å². The van der Waals surface area contributed by atoms with Crippen LogP contribution in [0.25, 0.3) is 0 Å². The van der Waals surface area contributed by atoms with Gasteiger partial charge in [-0.3, -0.25) is 0 Å². The zero-order chi connectivity index (χ0) is 13.8. The molecule has 0 spiro atoms. The Hall–Kier alpha value is -1.20. The van der Waals surface area contributed by atoms with Crippen LogP contribution >= 0.6 is 11.3 Å². The van der Waals surface area contributed by atoms with E-state index in [1.165, 1.54) is 4.88 Å². The number of nitrogens with zero attached hydrogens (tertiary/aromatic N) is 3. The quantitative estimate of drug-likeness (QED) is 0.884. The molecule has 0 radical (unpaired) electrons. The number of rotatable bonds is 6. The van der Waals surface area contributed by atoms with Crippen molar-refractivity contribution in [3.05, 3.63) is 34.0 Å². The van der Waals surface area contributed by atoms with E-state index in [9.17, 15) is 5.11 Å². The summed E-state index contributed by atoms with van der Waals surface area (Å²) in [6.07, 6.45) is 2.62. The number of hydrogen-bond acceptors (Lipinski definition) is 4. The lowest BCUT2D eigenvalue weighted by Gasteiger charge is -2.11. The summed E-state index contributed by atoms with van der Waals surface area (Å²) in [6, 6.07) is 4.10. The second kappa shape index (κ2) is 6.30. The summed E-state index contributed by atoms with van der Waals surface area (Å²) in [7, 11) is 0. The van der Waals surface area contributed by atoms with Crippen LogP contribution in [0.4, 0.5) is 0 Å². The largest absolute Gasteiger partial charge is 0.387 e. The van der Waals surface area contributed by atoms with Crippen molar-refractivity contribution in [2.75, 3.05) is 0 Å². The second-order valence-corrected chi connectivity index (χ2v) is 6.33. The SMILES string of the molecule is CCc1ccc(C(O)Cc2ncnn2CC(C)C)s1. The van der Waals surface area contributed by atoms with Crippen LogP contribution in [-0.2, 0) is 19.4 Å². The van der Waals surface area contributed by atoms with Crippen LogP contribution in [0.1, 0.15) is 42.5 Å². The number of aryl methyl sites for hydroxylation is 1. The lowest BCUT2D eigenvalue weighted by Crippen LogP contribution is -2.13. The second-order valence-electron chi connectivity index (χ2n) is 5.13. The molecule has 0 aromatic carbocycles. The van der Waals surface area contributed by atoms with Gasteiger partial charge in [-0.05, 0) is 24.5 Å². The smallest absolute Gasteiger partial charge is 0.138 e. The van der Waals surface area contributed by atoms with Gasteiger partial charge in [-0.25, -0.2) is 9.67 Å². The third kappa shape index (κ3) is 3.64. The Balaban J connectivity index is 2.06. The summed E-state index contributed by atoms with van der Waals surface area (Å²) < 4.78 is 1.89. The van der Waals surface area contributed by atoms with Gasteiger partial charge in [0.25, 0.3) is 0 Å². The minimum Gasteiger partial charge on any atom is -0.387 e. The standard InChI is InChI=1S/C14H21N3OS/c1-4-11-5-6-13(19-11)12(18)7-14-15-9-16-17(14)8-10(2)3/h5-6,9-10,12,18H,4,7-8H2,1-3H3. The molecule has 19 heavy (non-hydrogen) atoms. The molecule has 1 unspecified atom stereocenters. The van der Waals surface area contributed by atoms with Gasteiger partial charge in [0.15, 0.2) is 0 Å². The van der Waals surface area contributed by atoms with Crippen molar-refractivity contribution in [3.63, 3.8) is 0 Å². The van der Waals surface area contributed by atoms with Gasteiger partial charge < -0.3 is 5.11 Å². The highest BCUT2D eigenvalue weighted by Crippen LogP contribution is 2.25. The molecule has 1 atom stereocenters. The van der Waals surface area contributed by atoms with Crippen LogP contribution in [0.5, 0.6) is 0 Å². The van der Waals surface area contributed by atoms with Gasteiger partial charge in [0.1, 0.15) is 12.2 Å². The number of hydrogen-bond donors (Lipinski definition) is 1. The van der Waals surface area contributed by atoms with Crippen LogP contribution in [-0.4, -0.2) is 19.9 Å². The van der Waals surface area contributed by atoms with Crippen LogP contribution < -0.4 is 0 Å². The van der Waals surface area contributed by atoms with Gasteiger partial charge in [0, 0.05) is 22.7 Å². The van der Waals surface area contributed by atoms with Crippen LogP contribution in [0.3, 0.4) is 0 Å². The maximum Gasteiger partial charge on any atom is 0.138 e. The molecule has 0 bridgehead atoms. The summed E-state index contributed by atoms with van der Waals surface area (Å²) >= 11 is 1.68. The van der Waals surface area contributed by atoms with E-state index in [1.807, 2.05) is 10.7 Å². The molecule has 4 nitrogen and oxygen atoms in total. The molecular weight excluding hydrogens is 258 g/mol. The van der Waals surface area contributed by atoms with Gasteiger partial charge in [0.2, 0.25) is 0 Å². The molecule has 2 aromatic rings. The summed E-state index contributed by atoms with van der Waals surface area (Å²) in [6.45, 7) is 7.26. The number of aliphatic hydroxyl groups is 1. The minimum absolute atomic E-state index is 0.486. The Kier molecular flexibility index (Phi) is 4.71. The Morgan fingerprint density at radius 3 is 2.79 bits per heavy atom. The average molecular weight is 279 g/mol. The zero-order valence-corrected chi connectivity index (χ0v) is 12.5. The van der Waals surface area contributed by atoms with Gasteiger partial charge in [-0.1, -0.05) is 20.8 Å². The van der Waals surface area contributed by atoms with Gasteiger partial charge >= 0.3 is 0 Å². The predicted octanol–water partition coefficient (Wildman–Crippen LogP) is 2.83. The molecule has 0 aliphatic heterocycles.